The van der Waals surface area contributed by atoms with Gasteiger partial charge in [-0.15, -0.1) is 0 Å². The maximum absolute atomic E-state index is 10.2. The van der Waals surface area contributed by atoms with Gasteiger partial charge >= 0.3 is 0 Å². The molecule has 0 spiro atoms. The summed E-state index contributed by atoms with van der Waals surface area (Å²) in [5.74, 6) is 0.616. The highest BCUT2D eigenvalue weighted by atomic mass is 16.5. The summed E-state index contributed by atoms with van der Waals surface area (Å²) in [6.45, 7) is 3.81. The van der Waals surface area contributed by atoms with Crippen LogP contribution < -0.4 is 4.74 Å². The van der Waals surface area contributed by atoms with Gasteiger partial charge in [0.15, 0.2) is 0 Å². The summed E-state index contributed by atoms with van der Waals surface area (Å²) < 4.78 is 5.18. The number of nitrogens with zero attached hydrogens (tertiary/aromatic N) is 2. The number of nitriles is 1. The van der Waals surface area contributed by atoms with Gasteiger partial charge in [-0.3, -0.25) is 4.90 Å². The van der Waals surface area contributed by atoms with Gasteiger partial charge in [0.1, 0.15) is 11.8 Å². The number of rotatable bonds is 5. The first-order chi connectivity index (χ1) is 10.2. The van der Waals surface area contributed by atoms with Crippen molar-refractivity contribution in [3.63, 3.8) is 0 Å². The summed E-state index contributed by atoms with van der Waals surface area (Å²) in [5.41, 5.74) is 1.67. The fraction of sp³-hybridized carbons (Fsp3) is 0.588. The third-order valence-corrected chi connectivity index (χ3v) is 4.30. The van der Waals surface area contributed by atoms with Crippen molar-refractivity contribution >= 4 is 0 Å². The van der Waals surface area contributed by atoms with E-state index in [1.165, 1.54) is 12.8 Å². The van der Waals surface area contributed by atoms with E-state index < -0.39 is 0 Å². The summed E-state index contributed by atoms with van der Waals surface area (Å²) in [6.07, 6.45) is 3.93. The predicted molar refractivity (Wildman–Crippen MR) is 82.1 cm³/mol. The van der Waals surface area contributed by atoms with Gasteiger partial charge in [-0.1, -0.05) is 19.4 Å². The monoisotopic (exact) mass is 288 g/mol. The first kappa shape index (κ1) is 15.8. The van der Waals surface area contributed by atoms with E-state index in [9.17, 15) is 10.4 Å². The van der Waals surface area contributed by atoms with Crippen molar-refractivity contribution in [2.45, 2.75) is 51.3 Å². The highest BCUT2D eigenvalue weighted by molar-refractivity contribution is 5.45. The molecule has 2 unspecified atom stereocenters. The number of methoxy groups -OCH3 is 1. The number of hydrogen-bond donors (Lipinski definition) is 1. The molecule has 1 saturated heterocycles. The summed E-state index contributed by atoms with van der Waals surface area (Å²) in [6, 6.07) is 8.15. The van der Waals surface area contributed by atoms with Crippen LogP contribution in [-0.4, -0.2) is 35.8 Å². The number of piperidine rings is 1. The van der Waals surface area contributed by atoms with E-state index in [0.29, 0.717) is 11.3 Å². The molecular weight excluding hydrogens is 264 g/mol. The molecule has 0 bridgehead atoms. The SMILES string of the molecule is CCC(O)C1CCCCN1Cc1ccc(OC)c(C#N)c1. The van der Waals surface area contributed by atoms with E-state index in [0.717, 1.165) is 31.5 Å². The molecule has 1 aromatic rings. The lowest BCUT2D eigenvalue weighted by molar-refractivity contribution is 0.0195. The second-order valence-electron chi connectivity index (χ2n) is 5.66. The van der Waals surface area contributed by atoms with Crippen LogP contribution in [0.5, 0.6) is 5.75 Å². The maximum Gasteiger partial charge on any atom is 0.136 e. The minimum absolute atomic E-state index is 0.233. The van der Waals surface area contributed by atoms with Crippen molar-refractivity contribution in [3.05, 3.63) is 29.3 Å². The third-order valence-electron chi connectivity index (χ3n) is 4.30. The minimum Gasteiger partial charge on any atom is -0.495 e. The number of likely N-dealkylation sites (tertiary alicyclic amines) is 1. The quantitative estimate of drug-likeness (QED) is 0.905. The van der Waals surface area contributed by atoms with Crippen LogP contribution in [0.25, 0.3) is 0 Å². The van der Waals surface area contributed by atoms with Crippen molar-refractivity contribution < 1.29 is 9.84 Å². The van der Waals surface area contributed by atoms with Crippen LogP contribution in [0, 0.1) is 11.3 Å². The standard InChI is InChI=1S/C17H24N2O2/c1-3-16(20)15-6-4-5-9-19(15)12-13-7-8-17(21-2)14(10-13)11-18/h7-8,10,15-16,20H,3-6,9,12H2,1-2H3. The zero-order valence-corrected chi connectivity index (χ0v) is 12.9. The lowest BCUT2D eigenvalue weighted by atomic mass is 9.95. The van der Waals surface area contributed by atoms with Gasteiger partial charge in [0.05, 0.1) is 18.8 Å². The Kier molecular flexibility index (Phi) is 5.60. The number of aliphatic hydroxyl groups is 1. The molecule has 21 heavy (non-hydrogen) atoms. The summed E-state index contributed by atoms with van der Waals surface area (Å²) in [7, 11) is 1.58. The van der Waals surface area contributed by atoms with E-state index in [1.54, 1.807) is 7.11 Å². The van der Waals surface area contributed by atoms with Gasteiger partial charge in [-0.2, -0.15) is 5.26 Å². The molecule has 1 aliphatic heterocycles. The first-order valence-electron chi connectivity index (χ1n) is 7.68. The lowest BCUT2D eigenvalue weighted by Crippen LogP contribution is -2.46. The van der Waals surface area contributed by atoms with Crippen LogP contribution in [0.1, 0.15) is 43.7 Å². The molecule has 0 saturated carbocycles. The van der Waals surface area contributed by atoms with E-state index in [-0.39, 0.29) is 12.1 Å². The molecule has 1 N–H and O–H groups in total. The van der Waals surface area contributed by atoms with Crippen LogP contribution in [0.4, 0.5) is 0 Å². The number of aliphatic hydroxyl groups excluding tert-OH is 1. The van der Waals surface area contributed by atoms with Crippen LogP contribution in [0.2, 0.25) is 0 Å². The molecule has 1 fully saturated rings. The molecule has 1 aromatic carbocycles. The van der Waals surface area contributed by atoms with Crippen LogP contribution in [-0.2, 0) is 6.54 Å². The van der Waals surface area contributed by atoms with Gasteiger partial charge in [-0.25, -0.2) is 0 Å². The molecule has 2 rings (SSSR count). The molecule has 2 atom stereocenters. The highest BCUT2D eigenvalue weighted by Gasteiger charge is 2.27. The normalized spacial score (nSPS) is 20.8. The second kappa shape index (κ2) is 7.44. The topological polar surface area (TPSA) is 56.5 Å². The van der Waals surface area contributed by atoms with Crippen molar-refractivity contribution in [1.29, 1.82) is 5.26 Å². The van der Waals surface area contributed by atoms with Crippen molar-refractivity contribution in [3.8, 4) is 11.8 Å². The molecule has 114 valence electrons. The Bertz CT molecular complexity index is 510. The smallest absolute Gasteiger partial charge is 0.136 e. The van der Waals surface area contributed by atoms with Gasteiger partial charge in [-0.05, 0) is 43.5 Å². The van der Waals surface area contributed by atoms with Gasteiger partial charge in [0, 0.05) is 12.6 Å². The number of benzene rings is 1. The Morgan fingerprint density at radius 1 is 1.48 bits per heavy atom. The fourth-order valence-corrected chi connectivity index (χ4v) is 3.10. The third kappa shape index (κ3) is 3.75. The Balaban J connectivity index is 2.14. The largest absolute Gasteiger partial charge is 0.495 e. The van der Waals surface area contributed by atoms with Gasteiger partial charge in [0.25, 0.3) is 0 Å². The van der Waals surface area contributed by atoms with E-state index in [2.05, 4.69) is 11.0 Å². The van der Waals surface area contributed by atoms with E-state index in [1.807, 2.05) is 25.1 Å². The molecule has 0 aliphatic carbocycles. The molecule has 0 aromatic heterocycles. The Morgan fingerprint density at radius 3 is 2.95 bits per heavy atom. The molecular formula is C17H24N2O2. The zero-order chi connectivity index (χ0) is 15.2. The fourth-order valence-electron chi connectivity index (χ4n) is 3.10. The highest BCUT2D eigenvalue weighted by Crippen LogP contribution is 2.25. The lowest BCUT2D eigenvalue weighted by Gasteiger charge is -2.38. The molecule has 4 nitrogen and oxygen atoms in total. The van der Waals surface area contributed by atoms with Crippen LogP contribution >= 0.6 is 0 Å². The van der Waals surface area contributed by atoms with E-state index in [4.69, 9.17) is 4.74 Å². The molecule has 0 amide bonds. The Labute approximate surface area is 127 Å². The van der Waals surface area contributed by atoms with Crippen molar-refractivity contribution in [2.75, 3.05) is 13.7 Å². The van der Waals surface area contributed by atoms with E-state index >= 15 is 0 Å². The number of hydrogen-bond acceptors (Lipinski definition) is 4. The average Bonchev–Trinajstić information content (AvgIpc) is 2.54. The Hall–Kier alpha value is -1.57. The predicted octanol–water partition coefficient (Wildman–Crippen LogP) is 2.69. The summed E-state index contributed by atoms with van der Waals surface area (Å²) in [5, 5.41) is 19.4. The average molecular weight is 288 g/mol. The van der Waals surface area contributed by atoms with Crippen LogP contribution in [0.3, 0.4) is 0 Å². The second-order valence-corrected chi connectivity index (χ2v) is 5.66. The molecule has 0 radical (unpaired) electrons. The molecule has 1 aliphatic rings. The van der Waals surface area contributed by atoms with Crippen molar-refractivity contribution in [2.24, 2.45) is 0 Å². The Morgan fingerprint density at radius 2 is 2.29 bits per heavy atom. The zero-order valence-electron chi connectivity index (χ0n) is 12.9. The molecule has 4 heteroatoms. The molecule has 1 heterocycles. The van der Waals surface area contributed by atoms with Gasteiger partial charge in [0.2, 0.25) is 0 Å². The van der Waals surface area contributed by atoms with Crippen LogP contribution in [0.15, 0.2) is 18.2 Å². The first-order valence-corrected chi connectivity index (χ1v) is 7.68. The van der Waals surface area contributed by atoms with Gasteiger partial charge < -0.3 is 9.84 Å². The minimum atomic E-state index is -0.265. The van der Waals surface area contributed by atoms with Crippen molar-refractivity contribution in [1.82, 2.24) is 4.90 Å². The summed E-state index contributed by atoms with van der Waals surface area (Å²) in [4.78, 5) is 2.35. The summed E-state index contributed by atoms with van der Waals surface area (Å²) >= 11 is 0. The maximum atomic E-state index is 10.2. The number of ether oxygens (including phenoxy) is 1.